The van der Waals surface area contributed by atoms with Gasteiger partial charge in [-0.25, -0.2) is 4.98 Å². The number of nitrogens with zero attached hydrogens (tertiary/aromatic N) is 2. The zero-order chi connectivity index (χ0) is 15.4. The standard InChI is InChI=1S/C17H23N3O2/c1-13-6-7-16(22-13)11-18-10-14-4-2-8-19-17(14)20-9-3-5-15(21)12-20/h2,4,6-8,15,18,21H,3,5,9-12H2,1H3/t15-/m1/s1. The number of β-amino-alcohol motifs (C(OH)–C–C–N with tert-alkyl or cyclic N) is 1. The normalized spacial score (nSPS) is 18.6. The summed E-state index contributed by atoms with van der Waals surface area (Å²) in [5.41, 5.74) is 1.15. The Kier molecular flexibility index (Phi) is 4.75. The first-order valence-corrected chi connectivity index (χ1v) is 7.85. The molecule has 0 spiro atoms. The Balaban J connectivity index is 1.63. The van der Waals surface area contributed by atoms with Crippen LogP contribution in [0, 0.1) is 6.92 Å². The van der Waals surface area contributed by atoms with E-state index in [4.69, 9.17) is 4.42 Å². The molecule has 1 saturated heterocycles. The largest absolute Gasteiger partial charge is 0.465 e. The quantitative estimate of drug-likeness (QED) is 0.887. The summed E-state index contributed by atoms with van der Waals surface area (Å²) < 4.78 is 5.56. The van der Waals surface area contributed by atoms with Crippen molar-refractivity contribution in [2.24, 2.45) is 0 Å². The van der Waals surface area contributed by atoms with Gasteiger partial charge in [0.15, 0.2) is 0 Å². The van der Waals surface area contributed by atoms with Gasteiger partial charge in [0, 0.05) is 31.4 Å². The number of aryl methyl sites for hydroxylation is 1. The molecule has 1 aliphatic heterocycles. The van der Waals surface area contributed by atoms with E-state index in [2.05, 4.69) is 21.3 Å². The van der Waals surface area contributed by atoms with Crippen LogP contribution >= 0.6 is 0 Å². The van der Waals surface area contributed by atoms with Gasteiger partial charge >= 0.3 is 0 Å². The molecule has 0 saturated carbocycles. The number of furan rings is 1. The molecule has 2 aromatic heterocycles. The Morgan fingerprint density at radius 2 is 2.27 bits per heavy atom. The highest BCUT2D eigenvalue weighted by Gasteiger charge is 2.20. The maximum Gasteiger partial charge on any atom is 0.133 e. The highest BCUT2D eigenvalue weighted by Crippen LogP contribution is 2.21. The van der Waals surface area contributed by atoms with Gasteiger partial charge < -0.3 is 19.7 Å². The van der Waals surface area contributed by atoms with E-state index in [1.165, 1.54) is 0 Å². The van der Waals surface area contributed by atoms with E-state index < -0.39 is 0 Å². The van der Waals surface area contributed by atoms with E-state index in [-0.39, 0.29) is 6.10 Å². The van der Waals surface area contributed by atoms with Crippen LogP contribution in [0.2, 0.25) is 0 Å². The summed E-state index contributed by atoms with van der Waals surface area (Å²) in [6, 6.07) is 8.01. The predicted molar refractivity (Wildman–Crippen MR) is 85.7 cm³/mol. The van der Waals surface area contributed by atoms with Crippen molar-refractivity contribution < 1.29 is 9.52 Å². The van der Waals surface area contributed by atoms with Crippen molar-refractivity contribution in [3.63, 3.8) is 0 Å². The van der Waals surface area contributed by atoms with Crippen LogP contribution in [0.25, 0.3) is 0 Å². The third-order valence-electron chi connectivity index (χ3n) is 3.97. The van der Waals surface area contributed by atoms with E-state index in [1.807, 2.05) is 31.3 Å². The number of piperidine rings is 1. The number of nitrogens with one attached hydrogen (secondary N) is 1. The lowest BCUT2D eigenvalue weighted by atomic mass is 10.1. The van der Waals surface area contributed by atoms with Crippen molar-refractivity contribution >= 4 is 5.82 Å². The van der Waals surface area contributed by atoms with Gasteiger partial charge in [-0.15, -0.1) is 0 Å². The van der Waals surface area contributed by atoms with Crippen LogP contribution in [0.1, 0.15) is 29.9 Å². The SMILES string of the molecule is Cc1ccc(CNCc2cccnc2N2CCC[C@@H](O)C2)o1. The van der Waals surface area contributed by atoms with E-state index in [0.29, 0.717) is 13.1 Å². The van der Waals surface area contributed by atoms with Crippen LogP contribution < -0.4 is 10.2 Å². The van der Waals surface area contributed by atoms with E-state index >= 15 is 0 Å². The summed E-state index contributed by atoms with van der Waals surface area (Å²) in [4.78, 5) is 6.70. The van der Waals surface area contributed by atoms with Gasteiger partial charge in [0.2, 0.25) is 0 Å². The second-order valence-electron chi connectivity index (χ2n) is 5.84. The van der Waals surface area contributed by atoms with Gasteiger partial charge in [-0.05, 0) is 38.0 Å². The number of aromatic nitrogens is 1. The first-order chi connectivity index (χ1) is 10.7. The number of anilines is 1. The minimum absolute atomic E-state index is 0.248. The summed E-state index contributed by atoms with van der Waals surface area (Å²) in [5.74, 6) is 2.85. The number of hydrogen-bond donors (Lipinski definition) is 2. The Morgan fingerprint density at radius 3 is 3.05 bits per heavy atom. The molecule has 0 aromatic carbocycles. The van der Waals surface area contributed by atoms with Crippen LogP contribution in [0.3, 0.4) is 0 Å². The average Bonchev–Trinajstić information content (AvgIpc) is 2.93. The van der Waals surface area contributed by atoms with Gasteiger partial charge in [0.25, 0.3) is 0 Å². The minimum Gasteiger partial charge on any atom is -0.465 e. The molecule has 0 aliphatic carbocycles. The topological polar surface area (TPSA) is 61.5 Å². The van der Waals surface area contributed by atoms with Crippen molar-refractivity contribution in [1.82, 2.24) is 10.3 Å². The maximum absolute atomic E-state index is 9.86. The highest BCUT2D eigenvalue weighted by molar-refractivity contribution is 5.47. The fraction of sp³-hybridized carbons (Fsp3) is 0.471. The summed E-state index contributed by atoms with van der Waals surface area (Å²) in [5, 5.41) is 13.3. The summed E-state index contributed by atoms with van der Waals surface area (Å²) >= 11 is 0. The molecule has 1 atom stereocenters. The van der Waals surface area contributed by atoms with Crippen LogP contribution in [0.15, 0.2) is 34.9 Å². The van der Waals surface area contributed by atoms with Crippen molar-refractivity contribution in [1.29, 1.82) is 0 Å². The fourth-order valence-electron chi connectivity index (χ4n) is 2.90. The molecular formula is C17H23N3O2. The van der Waals surface area contributed by atoms with Crippen LogP contribution in [0.5, 0.6) is 0 Å². The molecule has 3 heterocycles. The van der Waals surface area contributed by atoms with Crippen molar-refractivity contribution in [3.8, 4) is 0 Å². The molecule has 3 rings (SSSR count). The van der Waals surface area contributed by atoms with Crippen molar-refractivity contribution in [2.45, 2.75) is 39.0 Å². The summed E-state index contributed by atoms with van der Waals surface area (Å²) in [6.45, 7) is 5.00. The van der Waals surface area contributed by atoms with Gasteiger partial charge in [0.1, 0.15) is 17.3 Å². The van der Waals surface area contributed by atoms with Crippen LogP contribution in [0.4, 0.5) is 5.82 Å². The lowest BCUT2D eigenvalue weighted by molar-refractivity contribution is 0.154. The zero-order valence-electron chi connectivity index (χ0n) is 13.0. The van der Waals surface area contributed by atoms with E-state index in [1.54, 1.807) is 0 Å². The van der Waals surface area contributed by atoms with Gasteiger partial charge in [0.05, 0.1) is 12.6 Å². The summed E-state index contributed by atoms with van der Waals surface area (Å²) in [6.07, 6.45) is 3.46. The predicted octanol–water partition coefficient (Wildman–Crippen LogP) is 2.23. The molecule has 0 unspecified atom stereocenters. The zero-order valence-corrected chi connectivity index (χ0v) is 13.0. The van der Waals surface area contributed by atoms with E-state index in [0.717, 1.165) is 48.8 Å². The first-order valence-electron chi connectivity index (χ1n) is 7.85. The molecule has 0 bridgehead atoms. The Hall–Kier alpha value is -1.85. The van der Waals surface area contributed by atoms with E-state index in [9.17, 15) is 5.11 Å². The lowest BCUT2D eigenvalue weighted by Crippen LogP contribution is -2.39. The van der Waals surface area contributed by atoms with Crippen LogP contribution in [-0.2, 0) is 13.1 Å². The molecule has 0 radical (unpaired) electrons. The Morgan fingerprint density at radius 1 is 1.36 bits per heavy atom. The first kappa shape index (κ1) is 15.1. The number of pyridine rings is 1. The molecule has 2 aromatic rings. The molecule has 22 heavy (non-hydrogen) atoms. The van der Waals surface area contributed by atoms with Gasteiger partial charge in [-0.3, -0.25) is 0 Å². The Labute approximate surface area is 131 Å². The summed E-state index contributed by atoms with van der Waals surface area (Å²) in [7, 11) is 0. The maximum atomic E-state index is 9.86. The highest BCUT2D eigenvalue weighted by atomic mass is 16.3. The molecular weight excluding hydrogens is 278 g/mol. The molecule has 5 heteroatoms. The third kappa shape index (κ3) is 3.67. The smallest absolute Gasteiger partial charge is 0.133 e. The van der Waals surface area contributed by atoms with Gasteiger partial charge in [-0.1, -0.05) is 6.07 Å². The third-order valence-corrected chi connectivity index (χ3v) is 3.97. The Bertz CT molecular complexity index is 611. The lowest BCUT2D eigenvalue weighted by Gasteiger charge is -2.32. The van der Waals surface area contributed by atoms with Crippen molar-refractivity contribution in [3.05, 3.63) is 47.5 Å². The van der Waals surface area contributed by atoms with Gasteiger partial charge in [-0.2, -0.15) is 0 Å². The molecule has 5 nitrogen and oxygen atoms in total. The fourth-order valence-corrected chi connectivity index (χ4v) is 2.90. The van der Waals surface area contributed by atoms with Crippen molar-refractivity contribution in [2.75, 3.05) is 18.0 Å². The number of aliphatic hydroxyl groups is 1. The second kappa shape index (κ2) is 6.94. The monoisotopic (exact) mass is 301 g/mol. The number of hydrogen-bond acceptors (Lipinski definition) is 5. The molecule has 1 fully saturated rings. The average molecular weight is 301 g/mol. The molecule has 0 amide bonds. The number of rotatable bonds is 5. The minimum atomic E-state index is -0.248. The molecule has 1 aliphatic rings. The second-order valence-corrected chi connectivity index (χ2v) is 5.84. The molecule has 2 N–H and O–H groups in total. The number of aliphatic hydroxyl groups excluding tert-OH is 1. The van der Waals surface area contributed by atoms with Crippen LogP contribution in [-0.4, -0.2) is 29.3 Å². The molecule has 118 valence electrons.